The van der Waals surface area contributed by atoms with Crippen LogP contribution >= 0.6 is 0 Å². The minimum absolute atomic E-state index is 0.0154. The molecule has 1 amide bonds. The third-order valence-electron chi connectivity index (χ3n) is 5.50. The SMILES string of the molecule is COc1cc(NC(=O)CNS(=O)(=O)c2ccc(OC)c(OC)c2)c(C(O)c2c(F)cccc2F)cc1C. The molecule has 9 nitrogen and oxygen atoms in total. The van der Waals surface area contributed by atoms with Gasteiger partial charge in [-0.3, -0.25) is 4.79 Å². The second-order valence-corrected chi connectivity index (χ2v) is 9.60. The van der Waals surface area contributed by atoms with Crippen LogP contribution in [0.4, 0.5) is 14.5 Å². The number of hydrogen-bond donors (Lipinski definition) is 3. The van der Waals surface area contributed by atoms with Crippen molar-refractivity contribution in [3.05, 3.63) is 76.9 Å². The van der Waals surface area contributed by atoms with E-state index in [1.807, 2.05) is 0 Å². The monoisotopic (exact) mass is 536 g/mol. The van der Waals surface area contributed by atoms with Gasteiger partial charge in [0, 0.05) is 17.7 Å². The Morgan fingerprint density at radius 1 is 0.946 bits per heavy atom. The van der Waals surface area contributed by atoms with Gasteiger partial charge >= 0.3 is 0 Å². The molecular weight excluding hydrogens is 510 g/mol. The Hall–Kier alpha value is -3.74. The topological polar surface area (TPSA) is 123 Å². The quantitative estimate of drug-likeness (QED) is 0.363. The van der Waals surface area contributed by atoms with E-state index in [0.717, 1.165) is 18.2 Å². The molecule has 3 N–H and O–H groups in total. The molecule has 3 aromatic rings. The van der Waals surface area contributed by atoms with Gasteiger partial charge in [0.1, 0.15) is 23.5 Å². The lowest BCUT2D eigenvalue weighted by Gasteiger charge is -2.20. The number of benzene rings is 3. The summed E-state index contributed by atoms with van der Waals surface area (Å²) in [5, 5.41) is 13.3. The molecule has 198 valence electrons. The Morgan fingerprint density at radius 3 is 2.16 bits per heavy atom. The standard InChI is InChI=1S/C25H26F2N2O7S/c1-14-10-16(25(31)24-17(26)6-5-7-18(24)27)19(12-21(14)35-3)29-23(30)13-28-37(32,33)15-8-9-20(34-2)22(11-15)36-4/h5-12,25,28,31H,13H2,1-4H3,(H,29,30). The normalized spacial score (nSPS) is 12.1. The fourth-order valence-corrected chi connectivity index (χ4v) is 4.61. The summed E-state index contributed by atoms with van der Waals surface area (Å²) >= 11 is 0. The number of methoxy groups -OCH3 is 3. The highest BCUT2D eigenvalue weighted by Crippen LogP contribution is 2.36. The van der Waals surface area contributed by atoms with Gasteiger partial charge < -0.3 is 24.6 Å². The minimum atomic E-state index is -4.13. The number of ether oxygens (including phenoxy) is 3. The summed E-state index contributed by atoms with van der Waals surface area (Å²) in [5.41, 5.74) is -0.108. The lowest BCUT2D eigenvalue weighted by atomic mass is 9.96. The maximum Gasteiger partial charge on any atom is 0.241 e. The van der Waals surface area contributed by atoms with E-state index in [1.165, 1.54) is 51.7 Å². The summed E-state index contributed by atoms with van der Waals surface area (Å²) in [6.45, 7) is 0.964. The van der Waals surface area contributed by atoms with Crippen molar-refractivity contribution < 1.29 is 41.3 Å². The lowest BCUT2D eigenvalue weighted by Crippen LogP contribution is -2.33. The van der Waals surface area contributed by atoms with Crippen LogP contribution < -0.4 is 24.2 Å². The van der Waals surface area contributed by atoms with Crippen LogP contribution in [0.3, 0.4) is 0 Å². The first-order chi connectivity index (χ1) is 17.5. The van der Waals surface area contributed by atoms with Crippen molar-refractivity contribution >= 4 is 21.6 Å². The van der Waals surface area contributed by atoms with Crippen molar-refractivity contribution in [2.75, 3.05) is 33.2 Å². The molecule has 0 heterocycles. The Morgan fingerprint density at radius 2 is 1.57 bits per heavy atom. The summed E-state index contributed by atoms with van der Waals surface area (Å²) in [6.07, 6.45) is -1.77. The molecule has 0 aliphatic heterocycles. The molecular formula is C25H26F2N2O7S. The second-order valence-electron chi connectivity index (χ2n) is 7.84. The van der Waals surface area contributed by atoms with Crippen LogP contribution in [0, 0.1) is 18.6 Å². The number of anilines is 1. The Kier molecular flexibility index (Phi) is 8.69. The van der Waals surface area contributed by atoms with E-state index >= 15 is 0 Å². The van der Waals surface area contributed by atoms with Crippen molar-refractivity contribution in [3.63, 3.8) is 0 Å². The van der Waals surface area contributed by atoms with E-state index in [2.05, 4.69) is 10.0 Å². The molecule has 1 unspecified atom stereocenters. The predicted molar refractivity (Wildman–Crippen MR) is 132 cm³/mol. The molecule has 0 saturated heterocycles. The molecule has 12 heteroatoms. The molecule has 3 aromatic carbocycles. The number of aliphatic hydroxyl groups excluding tert-OH is 1. The number of rotatable bonds is 10. The number of nitrogens with one attached hydrogen (secondary N) is 2. The smallest absolute Gasteiger partial charge is 0.241 e. The van der Waals surface area contributed by atoms with E-state index in [4.69, 9.17) is 14.2 Å². The molecule has 0 aliphatic rings. The van der Waals surface area contributed by atoms with E-state index in [0.29, 0.717) is 17.1 Å². The van der Waals surface area contributed by atoms with Gasteiger partial charge in [-0.15, -0.1) is 0 Å². The van der Waals surface area contributed by atoms with Crippen molar-refractivity contribution in [1.29, 1.82) is 0 Å². The summed E-state index contributed by atoms with van der Waals surface area (Å²) in [4.78, 5) is 12.5. The van der Waals surface area contributed by atoms with Crippen LogP contribution in [-0.4, -0.2) is 47.3 Å². The largest absolute Gasteiger partial charge is 0.496 e. The third-order valence-corrected chi connectivity index (χ3v) is 6.90. The van der Waals surface area contributed by atoms with E-state index < -0.39 is 45.8 Å². The van der Waals surface area contributed by atoms with Crippen LogP contribution in [0.15, 0.2) is 53.4 Å². The van der Waals surface area contributed by atoms with Gasteiger partial charge in [0.2, 0.25) is 15.9 Å². The molecule has 0 saturated carbocycles. The van der Waals surface area contributed by atoms with Crippen LogP contribution in [0.5, 0.6) is 17.2 Å². The van der Waals surface area contributed by atoms with Gasteiger partial charge in [0.25, 0.3) is 0 Å². The van der Waals surface area contributed by atoms with Crippen molar-refractivity contribution in [2.45, 2.75) is 17.9 Å². The highest BCUT2D eigenvalue weighted by molar-refractivity contribution is 7.89. The number of halogens is 2. The van der Waals surface area contributed by atoms with Gasteiger partial charge in [-0.2, -0.15) is 0 Å². The average Bonchev–Trinajstić information content (AvgIpc) is 2.87. The van der Waals surface area contributed by atoms with Gasteiger partial charge in [-0.25, -0.2) is 21.9 Å². The molecule has 0 radical (unpaired) electrons. The average molecular weight is 537 g/mol. The first-order valence-electron chi connectivity index (χ1n) is 10.8. The molecule has 0 fully saturated rings. The molecule has 0 spiro atoms. The maximum absolute atomic E-state index is 14.3. The molecule has 3 rings (SSSR count). The van der Waals surface area contributed by atoms with Gasteiger partial charge in [0.05, 0.1) is 44.0 Å². The number of hydrogen-bond acceptors (Lipinski definition) is 7. The number of carbonyl (C=O) groups is 1. The van der Waals surface area contributed by atoms with Crippen molar-refractivity contribution in [1.82, 2.24) is 4.72 Å². The van der Waals surface area contributed by atoms with Crippen molar-refractivity contribution in [2.24, 2.45) is 0 Å². The van der Waals surface area contributed by atoms with Crippen LogP contribution in [-0.2, 0) is 14.8 Å². The maximum atomic E-state index is 14.3. The zero-order valence-corrected chi connectivity index (χ0v) is 21.3. The number of carbonyl (C=O) groups excluding carboxylic acids is 1. The molecule has 37 heavy (non-hydrogen) atoms. The molecule has 0 aromatic heterocycles. The Bertz CT molecular complexity index is 1390. The highest BCUT2D eigenvalue weighted by Gasteiger charge is 2.25. The van der Waals surface area contributed by atoms with Crippen LogP contribution in [0.2, 0.25) is 0 Å². The number of sulfonamides is 1. The summed E-state index contributed by atoms with van der Waals surface area (Å²) < 4.78 is 71.7. The third kappa shape index (κ3) is 6.16. The molecule has 0 bridgehead atoms. The van der Waals surface area contributed by atoms with Crippen molar-refractivity contribution in [3.8, 4) is 17.2 Å². The fourth-order valence-electron chi connectivity index (χ4n) is 3.61. The fraction of sp³-hybridized carbons (Fsp3) is 0.240. The van der Waals surface area contributed by atoms with E-state index in [9.17, 15) is 27.1 Å². The van der Waals surface area contributed by atoms with Gasteiger partial charge in [-0.1, -0.05) is 6.07 Å². The van der Waals surface area contributed by atoms with Gasteiger partial charge in [-0.05, 0) is 42.8 Å². The van der Waals surface area contributed by atoms with Crippen LogP contribution in [0.25, 0.3) is 0 Å². The number of aliphatic hydroxyl groups is 1. The zero-order valence-electron chi connectivity index (χ0n) is 20.5. The predicted octanol–water partition coefficient (Wildman–Crippen LogP) is 3.30. The highest BCUT2D eigenvalue weighted by atomic mass is 32.2. The Labute approximate surface area is 213 Å². The first-order valence-corrected chi connectivity index (χ1v) is 12.3. The van der Waals surface area contributed by atoms with E-state index in [-0.39, 0.29) is 21.9 Å². The molecule has 0 aliphatic carbocycles. The zero-order chi connectivity index (χ0) is 27.3. The summed E-state index contributed by atoms with van der Waals surface area (Å²) in [7, 11) is 0.0162. The lowest BCUT2D eigenvalue weighted by molar-refractivity contribution is -0.115. The first kappa shape index (κ1) is 27.8. The second kappa shape index (κ2) is 11.5. The van der Waals surface area contributed by atoms with Crippen LogP contribution in [0.1, 0.15) is 22.8 Å². The molecule has 1 atom stereocenters. The Balaban J connectivity index is 1.86. The summed E-state index contributed by atoms with van der Waals surface area (Å²) in [6, 6.07) is 9.87. The number of aryl methyl sites for hydroxylation is 1. The van der Waals surface area contributed by atoms with Gasteiger partial charge in [0.15, 0.2) is 11.5 Å². The minimum Gasteiger partial charge on any atom is -0.496 e. The number of amides is 1. The van der Waals surface area contributed by atoms with E-state index in [1.54, 1.807) is 6.92 Å². The summed E-state index contributed by atoms with van der Waals surface area (Å²) in [5.74, 6) is -1.92.